The highest BCUT2D eigenvalue weighted by Gasteiger charge is 2.45. The van der Waals surface area contributed by atoms with Crippen molar-refractivity contribution in [2.75, 3.05) is 6.61 Å². The SMILES string of the molecule is NC(=O)[C@@H]1O[C@@H](CO)[C@H](O)[C@@H](O)[C@@H]1O. The van der Waals surface area contributed by atoms with Gasteiger partial charge in [0.1, 0.15) is 24.4 Å². The van der Waals surface area contributed by atoms with E-state index in [9.17, 15) is 20.1 Å². The van der Waals surface area contributed by atoms with Crippen molar-refractivity contribution in [2.45, 2.75) is 30.5 Å². The van der Waals surface area contributed by atoms with Crippen molar-refractivity contribution in [1.29, 1.82) is 0 Å². The average molecular weight is 207 g/mol. The van der Waals surface area contributed by atoms with Gasteiger partial charge in [0.2, 0.25) is 5.91 Å². The quantitative estimate of drug-likeness (QED) is 0.316. The van der Waals surface area contributed by atoms with Gasteiger partial charge in [0.05, 0.1) is 6.61 Å². The van der Waals surface area contributed by atoms with Gasteiger partial charge in [-0.2, -0.15) is 0 Å². The van der Waals surface area contributed by atoms with Gasteiger partial charge in [-0.25, -0.2) is 0 Å². The zero-order valence-corrected chi connectivity index (χ0v) is 7.28. The number of aliphatic hydroxyl groups excluding tert-OH is 4. The zero-order valence-electron chi connectivity index (χ0n) is 7.28. The number of ether oxygens (including phenoxy) is 1. The normalized spacial score (nSPS) is 43.6. The van der Waals surface area contributed by atoms with E-state index in [0.29, 0.717) is 0 Å². The molecule has 82 valence electrons. The third-order valence-corrected chi connectivity index (χ3v) is 2.17. The molecule has 5 atom stereocenters. The van der Waals surface area contributed by atoms with Gasteiger partial charge in [0, 0.05) is 0 Å². The summed E-state index contributed by atoms with van der Waals surface area (Å²) in [6.07, 6.45) is -7.11. The lowest BCUT2D eigenvalue weighted by Gasteiger charge is -2.38. The first kappa shape index (κ1) is 11.3. The molecule has 0 aromatic rings. The number of amides is 1. The Morgan fingerprint density at radius 1 is 1.21 bits per heavy atom. The van der Waals surface area contributed by atoms with Crippen molar-refractivity contribution < 1.29 is 30.0 Å². The van der Waals surface area contributed by atoms with Gasteiger partial charge in [-0.05, 0) is 0 Å². The molecule has 1 aliphatic heterocycles. The van der Waals surface area contributed by atoms with E-state index in [1.54, 1.807) is 0 Å². The van der Waals surface area contributed by atoms with E-state index < -0.39 is 43.0 Å². The van der Waals surface area contributed by atoms with Crippen LogP contribution in [0.4, 0.5) is 0 Å². The lowest BCUT2D eigenvalue weighted by Crippen LogP contribution is -2.61. The van der Waals surface area contributed by atoms with Crippen molar-refractivity contribution in [2.24, 2.45) is 5.73 Å². The first-order chi connectivity index (χ1) is 6.49. The second-order valence-electron chi connectivity index (χ2n) is 3.15. The van der Waals surface area contributed by atoms with E-state index in [1.807, 2.05) is 0 Å². The molecule has 1 saturated heterocycles. The fourth-order valence-corrected chi connectivity index (χ4v) is 1.34. The molecule has 0 aromatic carbocycles. The summed E-state index contributed by atoms with van der Waals surface area (Å²) in [5.41, 5.74) is 4.88. The van der Waals surface area contributed by atoms with Crippen molar-refractivity contribution in [3.63, 3.8) is 0 Å². The molecule has 0 spiro atoms. The van der Waals surface area contributed by atoms with Crippen LogP contribution >= 0.6 is 0 Å². The van der Waals surface area contributed by atoms with E-state index in [4.69, 9.17) is 15.6 Å². The van der Waals surface area contributed by atoms with Crippen LogP contribution < -0.4 is 5.73 Å². The lowest BCUT2D eigenvalue weighted by atomic mass is 9.95. The third kappa shape index (κ3) is 1.86. The predicted molar refractivity (Wildman–Crippen MR) is 43.0 cm³/mol. The van der Waals surface area contributed by atoms with Gasteiger partial charge < -0.3 is 30.9 Å². The Hall–Kier alpha value is -0.730. The molecule has 1 fully saturated rings. The molecule has 7 heteroatoms. The topological polar surface area (TPSA) is 133 Å². The number of primary amides is 1. The maximum absolute atomic E-state index is 10.7. The number of nitrogens with two attached hydrogens (primary N) is 1. The number of aliphatic hydroxyl groups is 4. The first-order valence-electron chi connectivity index (χ1n) is 4.09. The van der Waals surface area contributed by atoms with Gasteiger partial charge in [-0.1, -0.05) is 0 Å². The minimum atomic E-state index is -1.58. The fraction of sp³-hybridized carbons (Fsp3) is 0.857. The van der Waals surface area contributed by atoms with E-state index in [2.05, 4.69) is 0 Å². The number of carbonyl (C=O) groups excluding carboxylic acids is 1. The first-order valence-corrected chi connectivity index (χ1v) is 4.09. The summed E-state index contributed by atoms with van der Waals surface area (Å²) < 4.78 is 4.81. The van der Waals surface area contributed by atoms with Crippen LogP contribution in [0, 0.1) is 0 Å². The smallest absolute Gasteiger partial charge is 0.249 e. The highest BCUT2D eigenvalue weighted by molar-refractivity contribution is 5.79. The molecule has 1 amide bonds. The summed E-state index contributed by atoms with van der Waals surface area (Å²) in [4.78, 5) is 10.7. The lowest BCUT2D eigenvalue weighted by molar-refractivity contribution is -0.225. The molecular weight excluding hydrogens is 194 g/mol. The third-order valence-electron chi connectivity index (χ3n) is 2.17. The van der Waals surface area contributed by atoms with Crippen LogP contribution in [0.25, 0.3) is 0 Å². The summed E-state index contributed by atoms with van der Waals surface area (Å²) >= 11 is 0. The van der Waals surface area contributed by atoms with Gasteiger partial charge in [-0.15, -0.1) is 0 Å². The van der Waals surface area contributed by atoms with Crippen molar-refractivity contribution >= 4 is 5.91 Å². The predicted octanol–water partition coefficient (Wildman–Crippen LogP) is -3.69. The van der Waals surface area contributed by atoms with E-state index >= 15 is 0 Å². The molecule has 1 aliphatic rings. The van der Waals surface area contributed by atoms with Crippen molar-refractivity contribution in [3.8, 4) is 0 Å². The minimum Gasteiger partial charge on any atom is -0.394 e. The minimum absolute atomic E-state index is 0.575. The molecule has 0 radical (unpaired) electrons. The van der Waals surface area contributed by atoms with Crippen LogP contribution in [0.1, 0.15) is 0 Å². The summed E-state index contributed by atoms with van der Waals surface area (Å²) in [6.45, 7) is -0.575. The van der Waals surface area contributed by atoms with E-state index in [1.165, 1.54) is 0 Å². The Morgan fingerprint density at radius 2 is 1.79 bits per heavy atom. The molecule has 0 aromatic heterocycles. The Bertz CT molecular complexity index is 220. The van der Waals surface area contributed by atoms with Crippen LogP contribution in [-0.4, -0.2) is 63.5 Å². The van der Waals surface area contributed by atoms with E-state index in [0.717, 1.165) is 0 Å². The van der Waals surface area contributed by atoms with Gasteiger partial charge in [-0.3, -0.25) is 4.79 Å². The van der Waals surface area contributed by atoms with Gasteiger partial charge in [0.25, 0.3) is 0 Å². The Labute approximate surface area is 79.7 Å². The highest BCUT2D eigenvalue weighted by Crippen LogP contribution is 2.20. The number of hydrogen-bond acceptors (Lipinski definition) is 6. The Balaban J connectivity index is 2.78. The summed E-state index contributed by atoms with van der Waals surface area (Å²) in [6, 6.07) is 0. The number of hydrogen-bond donors (Lipinski definition) is 5. The van der Waals surface area contributed by atoms with Crippen LogP contribution in [0.5, 0.6) is 0 Å². The maximum Gasteiger partial charge on any atom is 0.249 e. The van der Waals surface area contributed by atoms with Crippen LogP contribution in [-0.2, 0) is 9.53 Å². The molecule has 0 aliphatic carbocycles. The second kappa shape index (κ2) is 4.20. The maximum atomic E-state index is 10.7. The molecule has 0 saturated carbocycles. The molecule has 1 heterocycles. The summed E-state index contributed by atoms with van der Waals surface area (Å²) in [5, 5.41) is 36.5. The highest BCUT2D eigenvalue weighted by atomic mass is 16.5. The number of rotatable bonds is 2. The zero-order chi connectivity index (χ0) is 10.9. The second-order valence-corrected chi connectivity index (χ2v) is 3.15. The standard InChI is InChI=1S/C7H13NO6/c8-7(13)6-5(12)4(11)3(10)2(1-9)14-6/h2-6,9-12H,1H2,(H2,8,13)/t2-,3-,4+,5-,6+/m0/s1. The van der Waals surface area contributed by atoms with Crippen LogP contribution in [0.2, 0.25) is 0 Å². The largest absolute Gasteiger partial charge is 0.394 e. The van der Waals surface area contributed by atoms with Crippen molar-refractivity contribution in [3.05, 3.63) is 0 Å². The Morgan fingerprint density at radius 3 is 2.21 bits per heavy atom. The van der Waals surface area contributed by atoms with Crippen LogP contribution in [0.15, 0.2) is 0 Å². The molecule has 0 bridgehead atoms. The molecule has 1 rings (SSSR count). The van der Waals surface area contributed by atoms with Crippen LogP contribution in [0.3, 0.4) is 0 Å². The van der Waals surface area contributed by atoms with Gasteiger partial charge >= 0.3 is 0 Å². The van der Waals surface area contributed by atoms with E-state index in [-0.39, 0.29) is 0 Å². The molecule has 6 N–H and O–H groups in total. The summed E-state index contributed by atoms with van der Waals surface area (Å²) in [5.74, 6) is -0.957. The monoisotopic (exact) mass is 207 g/mol. The van der Waals surface area contributed by atoms with Gasteiger partial charge in [0.15, 0.2) is 6.10 Å². The molecule has 14 heavy (non-hydrogen) atoms. The molecular formula is C7H13NO6. The molecule has 0 unspecified atom stereocenters. The number of carbonyl (C=O) groups is 1. The summed E-state index contributed by atoms with van der Waals surface area (Å²) in [7, 11) is 0. The molecule has 7 nitrogen and oxygen atoms in total. The Kier molecular flexibility index (Phi) is 3.40. The van der Waals surface area contributed by atoms with Crippen molar-refractivity contribution in [1.82, 2.24) is 0 Å². The average Bonchev–Trinajstić information content (AvgIpc) is 2.14. The fourth-order valence-electron chi connectivity index (χ4n) is 1.34.